The molecule has 2 aliphatic rings. The minimum atomic E-state index is 0.536. The zero-order chi connectivity index (χ0) is 17.3. The molecule has 0 saturated carbocycles. The van der Waals surface area contributed by atoms with Crippen LogP contribution in [0.4, 0.5) is 5.69 Å². The van der Waals surface area contributed by atoms with Crippen molar-refractivity contribution < 1.29 is 0 Å². The molecule has 0 fully saturated rings. The third kappa shape index (κ3) is 2.72. The van der Waals surface area contributed by atoms with Gasteiger partial charge in [-0.2, -0.15) is 0 Å². The van der Waals surface area contributed by atoms with Crippen LogP contribution < -0.4 is 4.90 Å². The summed E-state index contributed by atoms with van der Waals surface area (Å²) < 4.78 is 0. The number of benzene rings is 3. The summed E-state index contributed by atoms with van der Waals surface area (Å²) in [7, 11) is 0. The van der Waals surface area contributed by atoms with E-state index in [0.717, 1.165) is 12.8 Å². The first-order valence-electron chi connectivity index (χ1n) is 9.86. The fourth-order valence-electron chi connectivity index (χ4n) is 5.00. The first-order chi connectivity index (χ1) is 12.9. The molecule has 3 aromatic rings. The maximum absolute atomic E-state index is 2.74. The van der Waals surface area contributed by atoms with Crippen molar-refractivity contribution in [2.24, 2.45) is 0 Å². The van der Waals surface area contributed by atoms with E-state index in [0.29, 0.717) is 12.0 Å². The van der Waals surface area contributed by atoms with Gasteiger partial charge >= 0.3 is 0 Å². The van der Waals surface area contributed by atoms with Crippen molar-refractivity contribution in [3.63, 3.8) is 0 Å². The lowest BCUT2D eigenvalue weighted by molar-refractivity contribution is 0.446. The topological polar surface area (TPSA) is 3.24 Å². The van der Waals surface area contributed by atoms with Crippen LogP contribution in [-0.4, -0.2) is 12.6 Å². The Morgan fingerprint density at radius 3 is 2.31 bits per heavy atom. The molecule has 2 aliphatic heterocycles. The number of anilines is 1. The maximum Gasteiger partial charge on any atom is 0.0434 e. The molecule has 2 unspecified atom stereocenters. The van der Waals surface area contributed by atoms with E-state index in [2.05, 4.69) is 83.8 Å². The summed E-state index contributed by atoms with van der Waals surface area (Å²) in [5, 5.41) is 0. The molecule has 0 amide bonds. The molecule has 1 heteroatoms. The van der Waals surface area contributed by atoms with Gasteiger partial charge < -0.3 is 4.90 Å². The predicted octanol–water partition coefficient (Wildman–Crippen LogP) is 5.39. The van der Waals surface area contributed by atoms with Gasteiger partial charge in [0.05, 0.1) is 0 Å². The maximum atomic E-state index is 2.74. The summed E-state index contributed by atoms with van der Waals surface area (Å²) in [6.07, 6.45) is 4.77. The standard InChI is InChI=1S/C25H25N/c1-3-9-19(10-4-1)17-24-23(20-11-5-2-6-12-20)18-22-14-7-13-21-15-8-16-26(24)25(21)22/h1-7,9-14,23-24H,8,15-18H2. The predicted molar refractivity (Wildman–Crippen MR) is 109 cm³/mol. The average molecular weight is 339 g/mol. The van der Waals surface area contributed by atoms with Crippen molar-refractivity contribution in [1.29, 1.82) is 0 Å². The second-order valence-corrected chi connectivity index (χ2v) is 7.70. The van der Waals surface area contributed by atoms with Crippen molar-refractivity contribution in [2.75, 3.05) is 11.4 Å². The van der Waals surface area contributed by atoms with E-state index in [4.69, 9.17) is 0 Å². The lowest BCUT2D eigenvalue weighted by Gasteiger charge is -2.47. The van der Waals surface area contributed by atoms with Crippen LogP contribution >= 0.6 is 0 Å². The van der Waals surface area contributed by atoms with E-state index in [1.807, 2.05) is 0 Å². The smallest absolute Gasteiger partial charge is 0.0434 e. The molecule has 3 aromatic carbocycles. The molecule has 2 heterocycles. The van der Waals surface area contributed by atoms with Gasteiger partial charge in [-0.3, -0.25) is 0 Å². The Morgan fingerprint density at radius 1 is 0.769 bits per heavy atom. The first kappa shape index (κ1) is 15.7. The summed E-state index contributed by atoms with van der Waals surface area (Å²) in [5.41, 5.74) is 7.57. The summed E-state index contributed by atoms with van der Waals surface area (Å²) in [6, 6.07) is 29.7. The van der Waals surface area contributed by atoms with Crippen molar-refractivity contribution in [2.45, 2.75) is 37.6 Å². The summed E-state index contributed by atoms with van der Waals surface area (Å²) in [4.78, 5) is 2.74. The number of hydrogen-bond acceptors (Lipinski definition) is 1. The summed E-state index contributed by atoms with van der Waals surface area (Å²) >= 11 is 0. The van der Waals surface area contributed by atoms with Gasteiger partial charge in [-0.05, 0) is 47.9 Å². The molecule has 0 N–H and O–H groups in total. The lowest BCUT2D eigenvalue weighted by Crippen LogP contribution is -2.48. The van der Waals surface area contributed by atoms with Crippen LogP contribution in [0.3, 0.4) is 0 Å². The SMILES string of the molecule is c1ccc(CC2C(c3ccccc3)Cc3cccc4c3N2CCC4)cc1. The zero-order valence-electron chi connectivity index (χ0n) is 15.1. The van der Waals surface area contributed by atoms with Gasteiger partial charge in [-0.15, -0.1) is 0 Å². The highest BCUT2D eigenvalue weighted by Crippen LogP contribution is 2.44. The van der Waals surface area contributed by atoms with Crippen molar-refractivity contribution in [1.82, 2.24) is 0 Å². The van der Waals surface area contributed by atoms with Gasteiger partial charge in [0.1, 0.15) is 0 Å². The van der Waals surface area contributed by atoms with Gasteiger partial charge in [0.2, 0.25) is 0 Å². The second-order valence-electron chi connectivity index (χ2n) is 7.70. The number of rotatable bonds is 3. The molecule has 2 atom stereocenters. The second kappa shape index (κ2) is 6.64. The molecule has 0 radical (unpaired) electrons. The van der Waals surface area contributed by atoms with Crippen molar-refractivity contribution >= 4 is 5.69 Å². The van der Waals surface area contributed by atoms with E-state index in [1.54, 1.807) is 16.8 Å². The average Bonchev–Trinajstić information content (AvgIpc) is 2.71. The number of nitrogens with zero attached hydrogens (tertiary/aromatic N) is 1. The molecule has 0 spiro atoms. The number of hydrogen-bond donors (Lipinski definition) is 0. The molecule has 130 valence electrons. The molecule has 1 nitrogen and oxygen atoms in total. The van der Waals surface area contributed by atoms with Gasteiger partial charge in [-0.1, -0.05) is 78.9 Å². The Balaban J connectivity index is 1.61. The van der Waals surface area contributed by atoms with E-state index < -0.39 is 0 Å². The number of aryl methyl sites for hydroxylation is 1. The largest absolute Gasteiger partial charge is 0.367 e. The van der Waals surface area contributed by atoms with E-state index >= 15 is 0 Å². The number of para-hydroxylation sites is 1. The van der Waals surface area contributed by atoms with E-state index in [-0.39, 0.29) is 0 Å². The van der Waals surface area contributed by atoms with Gasteiger partial charge in [0.15, 0.2) is 0 Å². The highest BCUT2D eigenvalue weighted by molar-refractivity contribution is 5.65. The molecule has 0 saturated heterocycles. The third-order valence-electron chi connectivity index (χ3n) is 6.16. The molecular formula is C25H25N. The van der Waals surface area contributed by atoms with Gasteiger partial charge in [0.25, 0.3) is 0 Å². The Bertz CT molecular complexity index is 885. The molecule has 0 bridgehead atoms. The monoisotopic (exact) mass is 339 g/mol. The van der Waals surface area contributed by atoms with Crippen molar-refractivity contribution in [3.8, 4) is 0 Å². The van der Waals surface area contributed by atoms with Crippen LogP contribution in [0.1, 0.15) is 34.6 Å². The summed E-state index contributed by atoms with van der Waals surface area (Å²) in [6.45, 7) is 1.19. The van der Waals surface area contributed by atoms with Crippen LogP contribution in [0.15, 0.2) is 78.9 Å². The lowest BCUT2D eigenvalue weighted by atomic mass is 9.76. The Morgan fingerprint density at radius 2 is 1.50 bits per heavy atom. The highest BCUT2D eigenvalue weighted by atomic mass is 15.2. The molecular weight excluding hydrogens is 314 g/mol. The minimum Gasteiger partial charge on any atom is -0.367 e. The van der Waals surface area contributed by atoms with Crippen LogP contribution in [-0.2, 0) is 19.3 Å². The summed E-state index contributed by atoms with van der Waals surface area (Å²) in [5.74, 6) is 0.553. The van der Waals surface area contributed by atoms with Crippen LogP contribution in [0, 0.1) is 0 Å². The van der Waals surface area contributed by atoms with Crippen LogP contribution in [0.5, 0.6) is 0 Å². The fourth-order valence-corrected chi connectivity index (χ4v) is 5.00. The normalized spacial score (nSPS) is 21.3. The van der Waals surface area contributed by atoms with Crippen LogP contribution in [0.25, 0.3) is 0 Å². The Kier molecular flexibility index (Phi) is 4.01. The first-order valence-corrected chi connectivity index (χ1v) is 9.86. The van der Waals surface area contributed by atoms with Gasteiger partial charge in [0, 0.05) is 24.2 Å². The molecule has 26 heavy (non-hydrogen) atoms. The van der Waals surface area contributed by atoms with E-state index in [1.165, 1.54) is 30.5 Å². The molecule has 0 aromatic heterocycles. The van der Waals surface area contributed by atoms with E-state index in [9.17, 15) is 0 Å². The van der Waals surface area contributed by atoms with Crippen LogP contribution in [0.2, 0.25) is 0 Å². The zero-order valence-corrected chi connectivity index (χ0v) is 15.1. The Hall–Kier alpha value is -2.54. The van der Waals surface area contributed by atoms with Crippen molar-refractivity contribution in [3.05, 3.63) is 101 Å². The highest BCUT2D eigenvalue weighted by Gasteiger charge is 2.37. The van der Waals surface area contributed by atoms with Gasteiger partial charge in [-0.25, -0.2) is 0 Å². The fraction of sp³-hybridized carbons (Fsp3) is 0.280. The quantitative estimate of drug-likeness (QED) is 0.618. The minimum absolute atomic E-state index is 0.536. The Labute approximate surface area is 156 Å². The third-order valence-corrected chi connectivity index (χ3v) is 6.16. The molecule has 5 rings (SSSR count). The molecule has 0 aliphatic carbocycles.